The van der Waals surface area contributed by atoms with Crippen LogP contribution in [0, 0.1) is 0 Å². The topological polar surface area (TPSA) is 156 Å². The highest BCUT2D eigenvalue weighted by molar-refractivity contribution is 7.92. The second-order valence-electron chi connectivity index (χ2n) is 17.1. The standard InChI is InChI=1S/C40H59F3N4O10SSi/c1-14-59(15-2,16-3)57-32(27-18-17-19-28(24-27)47(58(13,51)52)36(50)56-39(10,11)12)26-45(34(48)54-37(4,5)6)22-23-53-29-20-21-30-31(25-29)46(35(49)55-38(7,8)9)44-33(30)40(41,42)43/h17-21,24-25,32H,14-16,22-23,26H2,1-13H3/t32-/m0/s1. The zero-order valence-corrected chi connectivity index (χ0v) is 38.1. The molecule has 14 nitrogen and oxygen atoms in total. The molecule has 0 saturated heterocycles. The van der Waals surface area contributed by atoms with Crippen LogP contribution in [-0.4, -0.2) is 92.5 Å². The number of hydrogen-bond donors (Lipinski definition) is 0. The molecule has 0 spiro atoms. The molecule has 0 radical (unpaired) electrons. The summed E-state index contributed by atoms with van der Waals surface area (Å²) in [5.41, 5.74) is -3.91. The van der Waals surface area contributed by atoms with Gasteiger partial charge in [0.1, 0.15) is 29.2 Å². The van der Waals surface area contributed by atoms with Crippen LogP contribution in [0.25, 0.3) is 10.9 Å². The van der Waals surface area contributed by atoms with Crippen LogP contribution in [0.15, 0.2) is 42.5 Å². The van der Waals surface area contributed by atoms with Crippen molar-refractivity contribution < 1.29 is 59.3 Å². The van der Waals surface area contributed by atoms with Crippen molar-refractivity contribution >= 4 is 53.2 Å². The molecule has 330 valence electrons. The van der Waals surface area contributed by atoms with Crippen molar-refractivity contribution in [1.29, 1.82) is 0 Å². The third kappa shape index (κ3) is 13.8. The van der Waals surface area contributed by atoms with Crippen LogP contribution >= 0.6 is 0 Å². The van der Waals surface area contributed by atoms with Crippen LogP contribution in [0.5, 0.6) is 5.75 Å². The van der Waals surface area contributed by atoms with Crippen molar-refractivity contribution in [2.45, 2.75) is 130 Å². The Hall–Kier alpha value is -4.36. The number of halogens is 3. The van der Waals surface area contributed by atoms with Crippen LogP contribution < -0.4 is 9.04 Å². The Morgan fingerprint density at radius 1 is 0.814 bits per heavy atom. The molecule has 2 amide bonds. The van der Waals surface area contributed by atoms with Gasteiger partial charge in [-0.1, -0.05) is 32.9 Å². The molecule has 3 aromatic rings. The minimum absolute atomic E-state index is 0.00598. The summed E-state index contributed by atoms with van der Waals surface area (Å²) >= 11 is 0. The number of aromatic nitrogens is 2. The first-order valence-corrected chi connectivity index (χ1v) is 23.8. The van der Waals surface area contributed by atoms with Crippen LogP contribution in [0.4, 0.5) is 33.2 Å². The summed E-state index contributed by atoms with van der Waals surface area (Å²) in [5.74, 6) is 0.0814. The fraction of sp³-hybridized carbons (Fsp3) is 0.600. The molecule has 59 heavy (non-hydrogen) atoms. The van der Waals surface area contributed by atoms with Gasteiger partial charge in [-0.2, -0.15) is 27.3 Å². The summed E-state index contributed by atoms with van der Waals surface area (Å²) in [4.78, 5) is 41.4. The Kier molecular flexibility index (Phi) is 15.4. The number of alkyl halides is 3. The molecule has 1 aromatic heterocycles. The van der Waals surface area contributed by atoms with Gasteiger partial charge >= 0.3 is 24.5 Å². The fourth-order valence-corrected chi connectivity index (χ4v) is 9.61. The number of rotatable bonds is 14. The molecular weight excluding hydrogens is 814 g/mol. The molecule has 1 atom stereocenters. The number of hydrogen-bond acceptors (Lipinski definition) is 11. The van der Waals surface area contributed by atoms with Crippen LogP contribution in [0.2, 0.25) is 18.1 Å². The maximum absolute atomic E-state index is 14.0. The van der Waals surface area contributed by atoms with Gasteiger partial charge < -0.3 is 28.3 Å². The summed E-state index contributed by atoms with van der Waals surface area (Å²) < 4.78 is 98.5. The summed E-state index contributed by atoms with van der Waals surface area (Å²) in [7, 11) is -6.63. The SMILES string of the molecule is CC[Si](CC)(CC)O[C@@H](CN(CCOc1ccc2c(C(F)(F)F)nn(C(=O)OC(C)(C)C)c2c1)C(=O)OC(C)(C)C)c1cccc(N(C(=O)OC(C)(C)C)S(C)(=O)=O)c1. The molecule has 2 aromatic carbocycles. The molecule has 0 fully saturated rings. The summed E-state index contributed by atoms with van der Waals surface area (Å²) in [6, 6.07) is 12.1. The van der Waals surface area contributed by atoms with Crippen LogP contribution in [-0.2, 0) is 34.8 Å². The maximum Gasteiger partial charge on any atom is 0.435 e. The first kappa shape index (κ1) is 49.0. The summed E-state index contributed by atoms with van der Waals surface area (Å²) in [5, 5.41) is 3.20. The second kappa shape index (κ2) is 18.5. The number of benzene rings is 2. The minimum Gasteiger partial charge on any atom is -0.492 e. The van der Waals surface area contributed by atoms with Gasteiger partial charge in [-0.15, -0.1) is 0 Å². The van der Waals surface area contributed by atoms with E-state index in [0.29, 0.717) is 14.6 Å². The molecule has 3 rings (SSSR count). The van der Waals surface area contributed by atoms with E-state index in [1.165, 1.54) is 29.2 Å². The van der Waals surface area contributed by atoms with E-state index in [0.717, 1.165) is 30.5 Å². The number of sulfonamides is 1. The fourth-order valence-electron chi connectivity index (χ4n) is 6.00. The number of nitrogens with zero attached hydrogens (tertiary/aromatic N) is 4. The van der Waals surface area contributed by atoms with Gasteiger partial charge in [0.05, 0.1) is 36.7 Å². The van der Waals surface area contributed by atoms with Crippen molar-refractivity contribution in [3.8, 4) is 5.75 Å². The lowest BCUT2D eigenvalue weighted by molar-refractivity contribution is -0.140. The van der Waals surface area contributed by atoms with Crippen LogP contribution in [0.1, 0.15) is 100 Å². The maximum atomic E-state index is 14.0. The first-order chi connectivity index (χ1) is 26.9. The molecular formula is C40H59F3N4O10SSi. The predicted molar refractivity (Wildman–Crippen MR) is 221 cm³/mol. The molecule has 0 aliphatic rings. The Morgan fingerprint density at radius 3 is 1.88 bits per heavy atom. The third-order valence-corrected chi connectivity index (χ3v) is 14.5. The Labute approximate surface area is 346 Å². The second-order valence-corrected chi connectivity index (χ2v) is 23.7. The van der Waals surface area contributed by atoms with Gasteiger partial charge in [-0.05, 0) is 110 Å². The lowest BCUT2D eigenvalue weighted by Crippen LogP contribution is -2.45. The van der Waals surface area contributed by atoms with E-state index in [4.69, 9.17) is 23.4 Å². The van der Waals surface area contributed by atoms with Gasteiger partial charge in [0, 0.05) is 11.5 Å². The molecule has 0 saturated carbocycles. The monoisotopic (exact) mass is 872 g/mol. The number of amides is 2. The van der Waals surface area contributed by atoms with Crippen molar-refractivity contribution in [3.63, 3.8) is 0 Å². The largest absolute Gasteiger partial charge is 0.492 e. The molecule has 0 aliphatic heterocycles. The van der Waals surface area contributed by atoms with Gasteiger partial charge in [0.2, 0.25) is 10.0 Å². The number of fused-ring (bicyclic) bond motifs is 1. The molecule has 19 heteroatoms. The van der Waals surface area contributed by atoms with E-state index in [2.05, 4.69) is 5.10 Å². The van der Waals surface area contributed by atoms with Gasteiger partial charge in [-0.3, -0.25) is 0 Å². The zero-order valence-electron chi connectivity index (χ0n) is 36.3. The van der Waals surface area contributed by atoms with Crippen molar-refractivity contribution in [2.75, 3.05) is 30.3 Å². The normalized spacial score (nSPS) is 13.5. The van der Waals surface area contributed by atoms with E-state index in [-0.39, 0.29) is 42.0 Å². The number of carbonyl (C=O) groups excluding carboxylic acids is 3. The van der Waals surface area contributed by atoms with Crippen molar-refractivity contribution in [3.05, 3.63) is 53.7 Å². The highest BCUT2D eigenvalue weighted by Gasteiger charge is 2.39. The van der Waals surface area contributed by atoms with E-state index in [1.807, 2.05) is 20.8 Å². The molecule has 1 heterocycles. The summed E-state index contributed by atoms with van der Waals surface area (Å²) in [6.45, 7) is 20.4. The van der Waals surface area contributed by atoms with Gasteiger partial charge in [0.25, 0.3) is 0 Å². The third-order valence-electron chi connectivity index (χ3n) is 8.85. The lowest BCUT2D eigenvalue weighted by atomic mass is 10.1. The number of ether oxygens (including phenoxy) is 4. The Balaban J connectivity index is 2.08. The highest BCUT2D eigenvalue weighted by Crippen LogP contribution is 2.37. The number of carbonyl (C=O) groups is 3. The quantitative estimate of drug-likeness (QED) is 0.112. The molecule has 0 N–H and O–H groups in total. The average molecular weight is 873 g/mol. The Morgan fingerprint density at radius 2 is 1.37 bits per heavy atom. The molecule has 0 bridgehead atoms. The lowest BCUT2D eigenvalue weighted by Gasteiger charge is -2.37. The molecule has 0 aliphatic carbocycles. The zero-order chi connectivity index (χ0) is 44.9. The van der Waals surface area contributed by atoms with Gasteiger partial charge in [0.15, 0.2) is 14.0 Å². The van der Waals surface area contributed by atoms with E-state index in [9.17, 15) is 36.0 Å². The minimum atomic E-state index is -4.87. The van der Waals surface area contributed by atoms with Crippen molar-refractivity contribution in [1.82, 2.24) is 14.7 Å². The Bertz CT molecular complexity index is 2060. The smallest absolute Gasteiger partial charge is 0.435 e. The van der Waals surface area contributed by atoms with E-state index < -0.39 is 71.4 Å². The van der Waals surface area contributed by atoms with E-state index in [1.54, 1.807) is 74.4 Å². The highest BCUT2D eigenvalue weighted by atomic mass is 32.2. The van der Waals surface area contributed by atoms with Gasteiger partial charge in [-0.25, -0.2) is 22.8 Å². The van der Waals surface area contributed by atoms with Crippen molar-refractivity contribution in [2.24, 2.45) is 0 Å². The molecule has 0 unspecified atom stereocenters. The predicted octanol–water partition coefficient (Wildman–Crippen LogP) is 9.92. The summed E-state index contributed by atoms with van der Waals surface area (Å²) in [6.07, 6.45) is -7.74. The van der Waals surface area contributed by atoms with E-state index >= 15 is 0 Å². The average Bonchev–Trinajstić information content (AvgIpc) is 3.47. The first-order valence-electron chi connectivity index (χ1n) is 19.4. The number of anilines is 1. The van der Waals surface area contributed by atoms with Crippen LogP contribution in [0.3, 0.4) is 0 Å².